The zero-order chi connectivity index (χ0) is 9.90. The van der Waals surface area contributed by atoms with Crippen LogP contribution in [0.3, 0.4) is 0 Å². The fourth-order valence-electron chi connectivity index (χ4n) is 1.80. The molecule has 0 spiro atoms. The molecule has 4 nitrogen and oxygen atoms in total. The molecule has 1 aliphatic rings. The second-order valence-electron chi connectivity index (χ2n) is 3.37. The molecule has 74 valence electrons. The zero-order valence-corrected chi connectivity index (χ0v) is 7.84. The van der Waals surface area contributed by atoms with Gasteiger partial charge < -0.3 is 10.5 Å². The molecule has 13 heavy (non-hydrogen) atoms. The smallest absolute Gasteiger partial charge is 0.321 e. The second kappa shape index (κ2) is 3.77. The second-order valence-corrected chi connectivity index (χ2v) is 3.37. The molecule has 0 aromatic heterocycles. The average Bonchev–Trinajstić information content (AvgIpc) is 2.53. The molecule has 0 atom stereocenters. The number of nitrogens with two attached hydrogens (primary N) is 1. The monoisotopic (exact) mass is 185 g/mol. The minimum Gasteiger partial charge on any atom is -0.465 e. The zero-order valence-electron chi connectivity index (χ0n) is 7.84. The highest BCUT2D eigenvalue weighted by Gasteiger charge is 2.47. The predicted molar refractivity (Wildman–Crippen MR) is 46.7 cm³/mol. The molecule has 0 saturated heterocycles. The first-order chi connectivity index (χ1) is 6.13. The van der Waals surface area contributed by atoms with Crippen LogP contribution in [0.25, 0.3) is 0 Å². The lowest BCUT2D eigenvalue weighted by molar-refractivity contribution is -0.159. The SMILES string of the molecule is CCOC(=O)C1(C(N)=O)CCCC1. The van der Waals surface area contributed by atoms with Gasteiger partial charge in [-0.1, -0.05) is 12.8 Å². The van der Waals surface area contributed by atoms with E-state index in [4.69, 9.17) is 10.5 Å². The summed E-state index contributed by atoms with van der Waals surface area (Å²) in [5.74, 6) is -0.983. The van der Waals surface area contributed by atoms with Gasteiger partial charge in [0.05, 0.1) is 6.61 Å². The highest BCUT2D eigenvalue weighted by Crippen LogP contribution is 2.38. The summed E-state index contributed by atoms with van der Waals surface area (Å²) in [6, 6.07) is 0. The van der Waals surface area contributed by atoms with Crippen LogP contribution in [0.5, 0.6) is 0 Å². The van der Waals surface area contributed by atoms with Crippen molar-refractivity contribution < 1.29 is 14.3 Å². The number of carbonyl (C=O) groups is 2. The molecule has 1 amide bonds. The molecule has 0 aromatic rings. The number of primary amides is 1. The van der Waals surface area contributed by atoms with Crippen molar-refractivity contribution in [1.82, 2.24) is 0 Å². The molecule has 1 fully saturated rings. The van der Waals surface area contributed by atoms with Gasteiger partial charge in [0, 0.05) is 0 Å². The maximum Gasteiger partial charge on any atom is 0.321 e. The van der Waals surface area contributed by atoms with Crippen LogP contribution in [0.4, 0.5) is 0 Å². The van der Waals surface area contributed by atoms with Crippen molar-refractivity contribution in [3.8, 4) is 0 Å². The van der Waals surface area contributed by atoms with Gasteiger partial charge in [0.2, 0.25) is 5.91 Å². The molecule has 1 saturated carbocycles. The number of amides is 1. The summed E-state index contributed by atoms with van der Waals surface area (Å²) in [6.45, 7) is 2.02. The third-order valence-electron chi connectivity index (χ3n) is 2.59. The summed E-state index contributed by atoms with van der Waals surface area (Å²) >= 11 is 0. The Bertz CT molecular complexity index is 219. The Hall–Kier alpha value is -1.06. The van der Waals surface area contributed by atoms with Gasteiger partial charge in [0.1, 0.15) is 5.41 Å². The summed E-state index contributed by atoms with van der Waals surface area (Å²) in [5.41, 5.74) is 4.21. The Balaban J connectivity index is 2.78. The number of rotatable bonds is 3. The lowest BCUT2D eigenvalue weighted by Gasteiger charge is -2.21. The van der Waals surface area contributed by atoms with Gasteiger partial charge in [-0.05, 0) is 19.8 Å². The topological polar surface area (TPSA) is 69.4 Å². The van der Waals surface area contributed by atoms with Crippen molar-refractivity contribution in [2.75, 3.05) is 6.61 Å². The van der Waals surface area contributed by atoms with E-state index < -0.39 is 17.3 Å². The molecule has 4 heteroatoms. The maximum atomic E-state index is 11.5. The fraction of sp³-hybridized carbons (Fsp3) is 0.778. The average molecular weight is 185 g/mol. The third kappa shape index (κ3) is 1.66. The molecule has 0 aromatic carbocycles. The van der Waals surface area contributed by atoms with Crippen molar-refractivity contribution in [3.63, 3.8) is 0 Å². The van der Waals surface area contributed by atoms with E-state index in [-0.39, 0.29) is 0 Å². The summed E-state index contributed by atoms with van der Waals surface area (Å²) in [5, 5.41) is 0. The van der Waals surface area contributed by atoms with E-state index in [0.717, 1.165) is 12.8 Å². The number of esters is 1. The lowest BCUT2D eigenvalue weighted by Crippen LogP contribution is -2.42. The summed E-state index contributed by atoms with van der Waals surface area (Å²) < 4.78 is 4.85. The maximum absolute atomic E-state index is 11.5. The van der Waals surface area contributed by atoms with Gasteiger partial charge in [-0.2, -0.15) is 0 Å². The first-order valence-electron chi connectivity index (χ1n) is 4.60. The largest absolute Gasteiger partial charge is 0.465 e. The van der Waals surface area contributed by atoms with E-state index in [1.807, 2.05) is 0 Å². The van der Waals surface area contributed by atoms with Crippen LogP contribution in [0.1, 0.15) is 32.6 Å². The van der Waals surface area contributed by atoms with E-state index >= 15 is 0 Å². The fourth-order valence-corrected chi connectivity index (χ4v) is 1.80. The predicted octanol–water partition coefficient (Wildman–Crippen LogP) is 0.595. The third-order valence-corrected chi connectivity index (χ3v) is 2.59. The van der Waals surface area contributed by atoms with E-state index in [1.165, 1.54) is 0 Å². The van der Waals surface area contributed by atoms with E-state index in [2.05, 4.69) is 0 Å². The highest BCUT2D eigenvalue weighted by molar-refractivity contribution is 6.02. The van der Waals surface area contributed by atoms with Crippen LogP contribution in [0, 0.1) is 5.41 Å². The van der Waals surface area contributed by atoms with Crippen molar-refractivity contribution in [3.05, 3.63) is 0 Å². The molecule has 0 bridgehead atoms. The molecular weight excluding hydrogens is 170 g/mol. The Labute approximate surface area is 77.4 Å². The minimum absolute atomic E-state index is 0.299. The van der Waals surface area contributed by atoms with Crippen molar-refractivity contribution in [2.24, 2.45) is 11.1 Å². The minimum atomic E-state index is -1.02. The van der Waals surface area contributed by atoms with Gasteiger partial charge in [-0.3, -0.25) is 9.59 Å². The van der Waals surface area contributed by atoms with Gasteiger partial charge in [0.25, 0.3) is 0 Å². The Morgan fingerprint density at radius 2 is 1.92 bits per heavy atom. The van der Waals surface area contributed by atoms with Crippen LogP contribution in [-0.2, 0) is 14.3 Å². The number of ether oxygens (including phenoxy) is 1. The molecule has 1 rings (SSSR count). The Morgan fingerprint density at radius 3 is 2.31 bits per heavy atom. The molecule has 2 N–H and O–H groups in total. The van der Waals surface area contributed by atoms with Gasteiger partial charge >= 0.3 is 5.97 Å². The Morgan fingerprint density at radius 1 is 1.38 bits per heavy atom. The highest BCUT2D eigenvalue weighted by atomic mass is 16.5. The van der Waals surface area contributed by atoms with Crippen molar-refractivity contribution in [2.45, 2.75) is 32.6 Å². The molecule has 0 unspecified atom stereocenters. The number of hydrogen-bond acceptors (Lipinski definition) is 3. The normalized spacial score (nSPS) is 19.8. The standard InChI is InChI=1S/C9H15NO3/c1-2-13-8(12)9(7(10)11)5-3-4-6-9/h2-6H2,1H3,(H2,10,11). The summed E-state index contributed by atoms with van der Waals surface area (Å²) in [6.07, 6.45) is 2.84. The van der Waals surface area contributed by atoms with Crippen LogP contribution in [0.15, 0.2) is 0 Å². The summed E-state index contributed by atoms with van der Waals surface area (Å²) in [7, 11) is 0. The van der Waals surface area contributed by atoms with Gasteiger partial charge in [-0.15, -0.1) is 0 Å². The van der Waals surface area contributed by atoms with Crippen LogP contribution >= 0.6 is 0 Å². The van der Waals surface area contributed by atoms with E-state index in [0.29, 0.717) is 19.4 Å². The first kappa shape index (κ1) is 10.0. The van der Waals surface area contributed by atoms with E-state index in [9.17, 15) is 9.59 Å². The number of carbonyl (C=O) groups excluding carboxylic acids is 2. The first-order valence-corrected chi connectivity index (χ1v) is 4.60. The van der Waals surface area contributed by atoms with Crippen LogP contribution in [0.2, 0.25) is 0 Å². The van der Waals surface area contributed by atoms with Crippen LogP contribution < -0.4 is 5.73 Å². The quantitative estimate of drug-likeness (QED) is 0.517. The molecular formula is C9H15NO3. The van der Waals surface area contributed by atoms with Gasteiger partial charge in [-0.25, -0.2) is 0 Å². The molecule has 0 heterocycles. The van der Waals surface area contributed by atoms with Gasteiger partial charge in [0.15, 0.2) is 0 Å². The summed E-state index contributed by atoms with van der Waals surface area (Å²) in [4.78, 5) is 22.6. The molecule has 1 aliphatic carbocycles. The van der Waals surface area contributed by atoms with Crippen molar-refractivity contribution in [1.29, 1.82) is 0 Å². The molecule has 0 radical (unpaired) electrons. The number of hydrogen-bond donors (Lipinski definition) is 1. The van der Waals surface area contributed by atoms with Crippen molar-refractivity contribution >= 4 is 11.9 Å². The van der Waals surface area contributed by atoms with Crippen LogP contribution in [-0.4, -0.2) is 18.5 Å². The van der Waals surface area contributed by atoms with E-state index in [1.54, 1.807) is 6.92 Å². The lowest BCUT2D eigenvalue weighted by atomic mass is 9.85. The Kier molecular flexibility index (Phi) is 2.90. The molecule has 0 aliphatic heterocycles.